The molecule has 0 spiro atoms. The molecule has 2 rings (SSSR count). The van der Waals surface area contributed by atoms with Crippen molar-refractivity contribution in [2.75, 3.05) is 13.1 Å². The Kier molecular flexibility index (Phi) is 2.93. The van der Waals surface area contributed by atoms with Gasteiger partial charge in [0, 0.05) is 18.7 Å². The second-order valence-corrected chi connectivity index (χ2v) is 3.78. The summed E-state index contributed by atoms with van der Waals surface area (Å²) in [4.78, 5) is 17.4. The predicted octanol–water partition coefficient (Wildman–Crippen LogP) is 0.764. The zero-order chi connectivity index (χ0) is 9.80. The predicted molar refractivity (Wildman–Crippen MR) is 53.3 cm³/mol. The smallest absolute Gasteiger partial charge is 0.170 e. The minimum absolute atomic E-state index is 0.540. The average molecular weight is 193 g/mol. The van der Waals surface area contributed by atoms with E-state index in [1.165, 1.54) is 12.8 Å². The van der Waals surface area contributed by atoms with Crippen LogP contribution in [0, 0.1) is 5.92 Å². The largest absolute Gasteiger partial charge is 0.348 e. The van der Waals surface area contributed by atoms with Gasteiger partial charge in [-0.05, 0) is 25.3 Å². The lowest BCUT2D eigenvalue weighted by Gasteiger charge is -2.01. The zero-order valence-corrected chi connectivity index (χ0v) is 8.12. The lowest BCUT2D eigenvalue weighted by molar-refractivity contribution is 0.111. The number of hydrogen-bond acceptors (Lipinski definition) is 3. The second kappa shape index (κ2) is 4.37. The molecule has 4 nitrogen and oxygen atoms in total. The first-order valence-electron chi connectivity index (χ1n) is 5.08. The van der Waals surface area contributed by atoms with E-state index in [-0.39, 0.29) is 0 Å². The minimum Gasteiger partial charge on any atom is -0.348 e. The molecular formula is C10H15N3O. The molecule has 0 aliphatic heterocycles. The van der Waals surface area contributed by atoms with Crippen LogP contribution in [0.5, 0.6) is 0 Å². The highest BCUT2D eigenvalue weighted by Gasteiger charge is 2.20. The van der Waals surface area contributed by atoms with E-state index in [4.69, 9.17) is 0 Å². The van der Waals surface area contributed by atoms with Crippen LogP contribution in [0.4, 0.5) is 0 Å². The first kappa shape index (κ1) is 9.40. The molecular weight excluding hydrogens is 178 g/mol. The zero-order valence-electron chi connectivity index (χ0n) is 8.12. The Balaban J connectivity index is 1.70. The number of aldehydes is 1. The van der Waals surface area contributed by atoms with E-state index in [2.05, 4.69) is 15.3 Å². The van der Waals surface area contributed by atoms with Gasteiger partial charge in [-0.3, -0.25) is 4.79 Å². The fraction of sp³-hybridized carbons (Fsp3) is 0.600. The fourth-order valence-corrected chi connectivity index (χ4v) is 1.47. The van der Waals surface area contributed by atoms with Gasteiger partial charge in [-0.15, -0.1) is 0 Å². The summed E-state index contributed by atoms with van der Waals surface area (Å²) in [6, 6.07) is 0. The van der Waals surface area contributed by atoms with Crippen molar-refractivity contribution >= 4 is 6.29 Å². The monoisotopic (exact) mass is 193 g/mol. The number of nitrogens with zero attached hydrogens (tertiary/aromatic N) is 1. The Hall–Kier alpha value is -1.16. The second-order valence-electron chi connectivity index (χ2n) is 3.78. The van der Waals surface area contributed by atoms with E-state index in [0.717, 1.165) is 37.4 Å². The number of H-pyrrole nitrogens is 1. The number of aromatic nitrogens is 2. The lowest BCUT2D eigenvalue weighted by atomic mass is 10.2. The summed E-state index contributed by atoms with van der Waals surface area (Å²) in [6.07, 6.45) is 5.96. The summed E-state index contributed by atoms with van der Waals surface area (Å²) in [5.41, 5.74) is 1.47. The van der Waals surface area contributed by atoms with Crippen molar-refractivity contribution in [3.63, 3.8) is 0 Å². The molecule has 1 aliphatic rings. The third-order valence-electron chi connectivity index (χ3n) is 2.54. The molecule has 1 heterocycles. The van der Waals surface area contributed by atoms with Crippen LogP contribution in [0.15, 0.2) is 6.33 Å². The Bertz CT molecular complexity index is 304. The molecule has 1 fully saturated rings. The maximum Gasteiger partial charge on any atom is 0.170 e. The van der Waals surface area contributed by atoms with Crippen LogP contribution < -0.4 is 5.32 Å². The van der Waals surface area contributed by atoms with Crippen molar-refractivity contribution in [1.29, 1.82) is 0 Å². The fourth-order valence-electron chi connectivity index (χ4n) is 1.47. The summed E-state index contributed by atoms with van der Waals surface area (Å²) in [5.74, 6) is 0.905. The molecule has 1 aromatic heterocycles. The third-order valence-corrected chi connectivity index (χ3v) is 2.54. The van der Waals surface area contributed by atoms with Crippen LogP contribution in [0.25, 0.3) is 0 Å². The summed E-state index contributed by atoms with van der Waals surface area (Å²) in [7, 11) is 0. The maximum atomic E-state index is 10.5. The third kappa shape index (κ3) is 2.42. The van der Waals surface area contributed by atoms with Crippen molar-refractivity contribution in [2.24, 2.45) is 5.92 Å². The quantitative estimate of drug-likeness (QED) is 0.518. The minimum atomic E-state index is 0.540. The van der Waals surface area contributed by atoms with E-state index in [0.29, 0.717) is 5.69 Å². The van der Waals surface area contributed by atoms with E-state index >= 15 is 0 Å². The van der Waals surface area contributed by atoms with E-state index in [9.17, 15) is 4.79 Å². The van der Waals surface area contributed by atoms with Gasteiger partial charge in [-0.1, -0.05) is 0 Å². The summed E-state index contributed by atoms with van der Waals surface area (Å²) in [6.45, 7) is 2.03. The highest BCUT2D eigenvalue weighted by Crippen LogP contribution is 2.27. The van der Waals surface area contributed by atoms with Gasteiger partial charge < -0.3 is 10.3 Å². The maximum absolute atomic E-state index is 10.5. The first-order valence-corrected chi connectivity index (χ1v) is 5.08. The Morgan fingerprint density at radius 2 is 2.50 bits per heavy atom. The van der Waals surface area contributed by atoms with Gasteiger partial charge in [0.25, 0.3) is 0 Å². The first-order chi connectivity index (χ1) is 6.90. The van der Waals surface area contributed by atoms with Gasteiger partial charge in [0.15, 0.2) is 6.29 Å². The summed E-state index contributed by atoms with van der Waals surface area (Å²) >= 11 is 0. The highest BCUT2D eigenvalue weighted by molar-refractivity contribution is 5.73. The van der Waals surface area contributed by atoms with E-state index in [1.807, 2.05) is 0 Å². The Morgan fingerprint density at radius 3 is 3.21 bits per heavy atom. The normalized spacial score (nSPS) is 15.7. The molecule has 0 bridgehead atoms. The summed E-state index contributed by atoms with van der Waals surface area (Å²) < 4.78 is 0. The van der Waals surface area contributed by atoms with Gasteiger partial charge in [-0.25, -0.2) is 4.98 Å². The van der Waals surface area contributed by atoms with Gasteiger partial charge >= 0.3 is 0 Å². The number of rotatable bonds is 6. The van der Waals surface area contributed by atoms with Gasteiger partial charge in [0.1, 0.15) is 5.69 Å². The number of aromatic amines is 1. The average Bonchev–Trinajstić information content (AvgIpc) is 2.91. The topological polar surface area (TPSA) is 57.8 Å². The molecule has 1 aromatic rings. The molecule has 0 atom stereocenters. The van der Waals surface area contributed by atoms with E-state index < -0.39 is 0 Å². The van der Waals surface area contributed by atoms with Crippen LogP contribution in [0.2, 0.25) is 0 Å². The number of imidazole rings is 1. The van der Waals surface area contributed by atoms with Crippen LogP contribution in [0.1, 0.15) is 29.0 Å². The molecule has 1 saturated carbocycles. The van der Waals surface area contributed by atoms with Gasteiger partial charge in [0.05, 0.1) is 6.33 Å². The molecule has 0 radical (unpaired) electrons. The molecule has 1 aliphatic carbocycles. The number of carbonyl (C=O) groups is 1. The molecule has 0 saturated heterocycles. The standard InChI is InChI=1S/C10H15N3O/c14-6-10-9(12-7-13-10)3-4-11-5-8-1-2-8/h6-8,11H,1-5H2,(H,12,13). The van der Waals surface area contributed by atoms with Gasteiger partial charge in [0.2, 0.25) is 0 Å². The molecule has 0 amide bonds. The SMILES string of the molecule is O=Cc1nc[nH]c1CCNCC1CC1. The number of nitrogens with one attached hydrogen (secondary N) is 2. The van der Waals surface area contributed by atoms with Gasteiger partial charge in [-0.2, -0.15) is 0 Å². The van der Waals surface area contributed by atoms with Crippen molar-refractivity contribution < 1.29 is 4.79 Å². The summed E-state index contributed by atoms with van der Waals surface area (Å²) in [5, 5.41) is 3.37. The van der Waals surface area contributed by atoms with Crippen LogP contribution in [0.3, 0.4) is 0 Å². The molecule has 76 valence electrons. The Morgan fingerprint density at radius 1 is 1.64 bits per heavy atom. The molecule has 0 aromatic carbocycles. The highest BCUT2D eigenvalue weighted by atomic mass is 16.1. The molecule has 2 N–H and O–H groups in total. The van der Waals surface area contributed by atoms with Crippen molar-refractivity contribution in [1.82, 2.24) is 15.3 Å². The lowest BCUT2D eigenvalue weighted by Crippen LogP contribution is -2.20. The van der Waals surface area contributed by atoms with Crippen LogP contribution in [-0.4, -0.2) is 29.3 Å². The van der Waals surface area contributed by atoms with Crippen LogP contribution in [-0.2, 0) is 6.42 Å². The van der Waals surface area contributed by atoms with E-state index in [1.54, 1.807) is 6.33 Å². The Labute approximate surface area is 83.1 Å². The van der Waals surface area contributed by atoms with Crippen molar-refractivity contribution in [2.45, 2.75) is 19.3 Å². The number of hydrogen-bond donors (Lipinski definition) is 2. The van der Waals surface area contributed by atoms with Crippen LogP contribution >= 0.6 is 0 Å². The van der Waals surface area contributed by atoms with Crippen molar-refractivity contribution in [3.05, 3.63) is 17.7 Å². The molecule has 0 unspecified atom stereocenters. The number of carbonyl (C=O) groups excluding carboxylic acids is 1. The molecule has 14 heavy (non-hydrogen) atoms. The van der Waals surface area contributed by atoms with Crippen molar-refractivity contribution in [3.8, 4) is 0 Å². The molecule has 4 heteroatoms.